The van der Waals surface area contributed by atoms with Gasteiger partial charge < -0.3 is 34.9 Å². The van der Waals surface area contributed by atoms with Crippen molar-refractivity contribution in [1.82, 2.24) is 15.6 Å². The Bertz CT molecular complexity index is 2030. The van der Waals surface area contributed by atoms with Crippen LogP contribution >= 0.6 is 11.3 Å². The van der Waals surface area contributed by atoms with Gasteiger partial charge in [-0.05, 0) is 86.2 Å². The van der Waals surface area contributed by atoms with E-state index in [1.54, 1.807) is 39.0 Å². The van der Waals surface area contributed by atoms with Gasteiger partial charge in [0.1, 0.15) is 17.0 Å². The summed E-state index contributed by atoms with van der Waals surface area (Å²) in [5.74, 6) is -2.13. The van der Waals surface area contributed by atoms with Gasteiger partial charge in [0.25, 0.3) is 11.8 Å². The number of esters is 2. The van der Waals surface area contributed by atoms with Crippen molar-refractivity contribution in [2.45, 2.75) is 52.7 Å². The first kappa shape index (κ1) is 37.5. The minimum Gasteiger partial charge on any atom is -0.493 e. The number of alkyl carbamates (subject to hydrolysis) is 1. The van der Waals surface area contributed by atoms with E-state index < -0.39 is 35.4 Å². The molecular formula is C38H40N4O9S. The van der Waals surface area contributed by atoms with Crippen molar-refractivity contribution in [2.75, 3.05) is 32.7 Å². The van der Waals surface area contributed by atoms with E-state index in [0.29, 0.717) is 42.9 Å². The molecule has 3 amide bonds. The molecule has 0 fully saturated rings. The molecule has 0 aliphatic carbocycles. The third kappa shape index (κ3) is 8.57. The van der Waals surface area contributed by atoms with E-state index >= 15 is 0 Å². The minimum atomic E-state index is -0.813. The first-order valence-electron chi connectivity index (χ1n) is 16.6. The SMILES string of the molecule is CCCNC(=O)c1ccc(-c2cc3c(cc2C(=O)Nc2ccc(CNC(=O)OC(C)(C)C)cc2C(=O)OC)-c2sccc2CCO3)c(C(=O)OC)n1. The van der Waals surface area contributed by atoms with Gasteiger partial charge in [-0.3, -0.25) is 9.59 Å². The molecule has 0 radical (unpaired) electrons. The molecule has 52 heavy (non-hydrogen) atoms. The monoisotopic (exact) mass is 728 g/mol. The number of fused-ring (bicyclic) bond motifs is 3. The normalized spacial score (nSPS) is 11.9. The summed E-state index contributed by atoms with van der Waals surface area (Å²) in [7, 11) is 2.42. The third-order valence-electron chi connectivity index (χ3n) is 7.89. The molecule has 5 rings (SSSR count). The van der Waals surface area contributed by atoms with Crippen LogP contribution in [0.15, 0.2) is 53.9 Å². The average molecular weight is 729 g/mol. The Morgan fingerprint density at radius 3 is 2.35 bits per heavy atom. The van der Waals surface area contributed by atoms with Crippen LogP contribution in [-0.4, -0.2) is 67.8 Å². The van der Waals surface area contributed by atoms with Crippen molar-refractivity contribution in [1.29, 1.82) is 0 Å². The zero-order valence-corrected chi connectivity index (χ0v) is 30.6. The van der Waals surface area contributed by atoms with Crippen molar-refractivity contribution in [3.05, 3.63) is 87.6 Å². The number of hydrogen-bond acceptors (Lipinski definition) is 11. The van der Waals surface area contributed by atoms with Gasteiger partial charge in [0.15, 0.2) is 5.69 Å². The molecule has 0 saturated carbocycles. The first-order valence-corrected chi connectivity index (χ1v) is 17.5. The van der Waals surface area contributed by atoms with E-state index in [-0.39, 0.29) is 45.9 Å². The number of benzene rings is 2. The van der Waals surface area contributed by atoms with E-state index in [0.717, 1.165) is 10.4 Å². The molecule has 0 spiro atoms. The molecule has 3 N–H and O–H groups in total. The lowest BCUT2D eigenvalue weighted by molar-refractivity contribution is 0.0521. The summed E-state index contributed by atoms with van der Waals surface area (Å²) in [5.41, 5.74) is 2.23. The second kappa shape index (κ2) is 16.1. The molecule has 0 bridgehead atoms. The van der Waals surface area contributed by atoms with Crippen LogP contribution in [0.2, 0.25) is 0 Å². The Morgan fingerprint density at radius 2 is 1.63 bits per heavy atom. The number of pyridine rings is 1. The molecule has 0 unspecified atom stereocenters. The number of nitrogens with zero attached hydrogens (tertiary/aromatic N) is 1. The van der Waals surface area contributed by atoms with Crippen molar-refractivity contribution in [2.24, 2.45) is 0 Å². The smallest absolute Gasteiger partial charge is 0.407 e. The van der Waals surface area contributed by atoms with Gasteiger partial charge >= 0.3 is 18.0 Å². The maximum Gasteiger partial charge on any atom is 0.407 e. The molecule has 1 aliphatic rings. The molecule has 1 aliphatic heterocycles. The van der Waals surface area contributed by atoms with Crippen LogP contribution in [0, 0.1) is 0 Å². The second-order valence-electron chi connectivity index (χ2n) is 12.8. The molecule has 272 valence electrons. The van der Waals surface area contributed by atoms with Gasteiger partial charge in [-0.25, -0.2) is 19.4 Å². The van der Waals surface area contributed by atoms with Gasteiger partial charge in [0.2, 0.25) is 0 Å². The highest BCUT2D eigenvalue weighted by atomic mass is 32.1. The maximum absolute atomic E-state index is 14.4. The maximum atomic E-state index is 14.4. The number of nitrogens with one attached hydrogen (secondary N) is 3. The summed E-state index contributed by atoms with van der Waals surface area (Å²) < 4.78 is 21.5. The summed E-state index contributed by atoms with van der Waals surface area (Å²) in [6.45, 7) is 8.00. The van der Waals surface area contributed by atoms with E-state index in [2.05, 4.69) is 20.9 Å². The zero-order valence-electron chi connectivity index (χ0n) is 29.8. The standard InChI is InChI=1S/C38H40N4O9S/c1-7-14-39-34(44)29-11-9-23(31(41-29)36(46)49-6)24-19-30-27(32-22(12-15-50-30)13-16-52-32)18-25(24)33(43)42-28-10-8-21(17-26(28)35(45)48-5)20-40-37(47)51-38(2,3)4/h8-11,13,16-19H,7,12,14-15,20H2,1-6H3,(H,39,44)(H,40,47)(H,42,43). The van der Waals surface area contributed by atoms with Crippen LogP contribution < -0.4 is 20.7 Å². The van der Waals surface area contributed by atoms with Crippen molar-refractivity contribution < 1.29 is 42.9 Å². The van der Waals surface area contributed by atoms with Crippen molar-refractivity contribution >= 4 is 46.9 Å². The van der Waals surface area contributed by atoms with E-state index in [9.17, 15) is 24.0 Å². The quantitative estimate of drug-likeness (QED) is 0.123. The molecule has 4 aromatic rings. The lowest BCUT2D eigenvalue weighted by Crippen LogP contribution is -2.32. The van der Waals surface area contributed by atoms with Crippen molar-refractivity contribution in [3.8, 4) is 27.3 Å². The first-order chi connectivity index (χ1) is 24.8. The minimum absolute atomic E-state index is 0.00167. The lowest BCUT2D eigenvalue weighted by atomic mass is 9.93. The Labute approximate surface area is 305 Å². The van der Waals surface area contributed by atoms with Crippen LogP contribution in [0.25, 0.3) is 21.6 Å². The number of aromatic nitrogens is 1. The summed E-state index contributed by atoms with van der Waals surface area (Å²) >= 11 is 1.51. The number of amides is 3. The lowest BCUT2D eigenvalue weighted by Gasteiger charge is -2.20. The number of rotatable bonds is 10. The predicted octanol–water partition coefficient (Wildman–Crippen LogP) is 6.40. The van der Waals surface area contributed by atoms with Crippen LogP contribution in [0.4, 0.5) is 10.5 Å². The fraction of sp³-hybridized carbons (Fsp3) is 0.316. The molecule has 13 nitrogen and oxygen atoms in total. The number of methoxy groups -OCH3 is 2. The van der Waals surface area contributed by atoms with E-state index in [1.165, 1.54) is 49.8 Å². The molecule has 0 saturated heterocycles. The van der Waals surface area contributed by atoms with Gasteiger partial charge in [-0.2, -0.15) is 0 Å². The number of carbonyl (C=O) groups is 5. The molecule has 0 atom stereocenters. The Hall–Kier alpha value is -5.76. The Balaban J connectivity index is 1.60. The number of ether oxygens (including phenoxy) is 4. The van der Waals surface area contributed by atoms with Crippen LogP contribution in [0.5, 0.6) is 5.75 Å². The number of thiophene rings is 1. The highest BCUT2D eigenvalue weighted by Gasteiger charge is 2.28. The average Bonchev–Trinajstić information content (AvgIpc) is 3.52. The van der Waals surface area contributed by atoms with Crippen LogP contribution in [-0.2, 0) is 27.2 Å². The highest BCUT2D eigenvalue weighted by molar-refractivity contribution is 7.13. The van der Waals surface area contributed by atoms with Crippen molar-refractivity contribution in [3.63, 3.8) is 0 Å². The van der Waals surface area contributed by atoms with Crippen LogP contribution in [0.1, 0.15) is 86.9 Å². The molecule has 2 aromatic heterocycles. The molecular weight excluding hydrogens is 689 g/mol. The largest absolute Gasteiger partial charge is 0.493 e. The second-order valence-corrected chi connectivity index (χ2v) is 13.7. The molecule has 14 heteroatoms. The Morgan fingerprint density at radius 1 is 0.865 bits per heavy atom. The summed E-state index contributed by atoms with van der Waals surface area (Å²) in [6.07, 6.45) is 0.725. The van der Waals surface area contributed by atoms with Gasteiger partial charge in [-0.15, -0.1) is 11.3 Å². The van der Waals surface area contributed by atoms with E-state index in [1.807, 2.05) is 18.4 Å². The highest BCUT2D eigenvalue weighted by Crippen LogP contribution is 2.43. The summed E-state index contributed by atoms with van der Waals surface area (Å²) in [4.78, 5) is 70.9. The van der Waals surface area contributed by atoms with Gasteiger partial charge in [0.05, 0.1) is 32.1 Å². The van der Waals surface area contributed by atoms with Gasteiger partial charge in [-0.1, -0.05) is 13.0 Å². The summed E-state index contributed by atoms with van der Waals surface area (Å²) in [5, 5.41) is 10.2. The number of carbonyl (C=O) groups excluding carboxylic acids is 5. The predicted molar refractivity (Wildman–Crippen MR) is 195 cm³/mol. The number of hydrogen-bond donors (Lipinski definition) is 3. The zero-order chi connectivity index (χ0) is 37.6. The topological polar surface area (TPSA) is 171 Å². The van der Waals surface area contributed by atoms with E-state index in [4.69, 9.17) is 18.9 Å². The van der Waals surface area contributed by atoms with Gasteiger partial charge in [0, 0.05) is 46.6 Å². The number of anilines is 1. The van der Waals surface area contributed by atoms with Crippen LogP contribution in [0.3, 0.4) is 0 Å². The third-order valence-corrected chi connectivity index (χ3v) is 8.88. The molecule has 3 heterocycles. The fourth-order valence-corrected chi connectivity index (χ4v) is 6.46. The summed E-state index contributed by atoms with van der Waals surface area (Å²) in [6, 6.07) is 13.1. The molecule has 2 aromatic carbocycles. The fourth-order valence-electron chi connectivity index (χ4n) is 5.48. The Kier molecular flexibility index (Phi) is 11.6.